The Morgan fingerprint density at radius 3 is 2.33 bits per heavy atom. The lowest BCUT2D eigenvalue weighted by molar-refractivity contribution is 0.300. The second-order valence-corrected chi connectivity index (χ2v) is 5.51. The summed E-state index contributed by atoms with van der Waals surface area (Å²) in [6.07, 6.45) is 1.07. The Morgan fingerprint density at radius 2 is 1.71 bits per heavy atom. The predicted molar refractivity (Wildman–Crippen MR) is 88.8 cm³/mol. The van der Waals surface area contributed by atoms with E-state index in [1.54, 1.807) is 0 Å². The summed E-state index contributed by atoms with van der Waals surface area (Å²) in [6, 6.07) is 15.3. The SMILES string of the molecule is CCc1ccc(COc2ccc(C)cc2C(C)NC)cc1. The predicted octanol–water partition coefficient (Wildman–Crippen LogP) is 4.42. The Labute approximate surface area is 128 Å². The third-order valence-corrected chi connectivity index (χ3v) is 3.89. The minimum atomic E-state index is 0.280. The maximum absolute atomic E-state index is 6.03. The largest absolute Gasteiger partial charge is 0.489 e. The van der Waals surface area contributed by atoms with Crippen LogP contribution in [0.15, 0.2) is 42.5 Å². The van der Waals surface area contributed by atoms with E-state index in [9.17, 15) is 0 Å². The molecule has 0 heterocycles. The molecule has 0 bridgehead atoms. The van der Waals surface area contributed by atoms with Crippen molar-refractivity contribution in [2.45, 2.75) is 39.8 Å². The summed E-state index contributed by atoms with van der Waals surface area (Å²) in [7, 11) is 1.97. The molecule has 0 saturated carbocycles. The second-order valence-electron chi connectivity index (χ2n) is 5.51. The van der Waals surface area contributed by atoms with Crippen LogP contribution in [-0.2, 0) is 13.0 Å². The van der Waals surface area contributed by atoms with Crippen molar-refractivity contribution >= 4 is 0 Å². The van der Waals surface area contributed by atoms with E-state index in [4.69, 9.17) is 4.74 Å². The molecule has 0 radical (unpaired) electrons. The standard InChI is InChI=1S/C19H25NO/c1-5-16-7-9-17(10-8-16)13-21-19-11-6-14(2)12-18(19)15(3)20-4/h6-12,15,20H,5,13H2,1-4H3. The monoisotopic (exact) mass is 283 g/mol. The first-order valence-electron chi connectivity index (χ1n) is 7.62. The van der Waals surface area contributed by atoms with Crippen LogP contribution in [0.1, 0.15) is 42.1 Å². The highest BCUT2D eigenvalue weighted by molar-refractivity contribution is 5.39. The molecule has 112 valence electrons. The number of nitrogens with one attached hydrogen (secondary N) is 1. The summed E-state index contributed by atoms with van der Waals surface area (Å²) in [5, 5.41) is 3.28. The number of hydrogen-bond acceptors (Lipinski definition) is 2. The van der Waals surface area contributed by atoms with Gasteiger partial charge in [-0.3, -0.25) is 0 Å². The van der Waals surface area contributed by atoms with Gasteiger partial charge in [0.05, 0.1) is 0 Å². The highest BCUT2D eigenvalue weighted by Gasteiger charge is 2.10. The van der Waals surface area contributed by atoms with Crippen molar-refractivity contribution in [2.24, 2.45) is 0 Å². The topological polar surface area (TPSA) is 21.3 Å². The molecule has 1 N–H and O–H groups in total. The highest BCUT2D eigenvalue weighted by Crippen LogP contribution is 2.27. The Hall–Kier alpha value is -1.80. The minimum absolute atomic E-state index is 0.280. The van der Waals surface area contributed by atoms with E-state index in [0.717, 1.165) is 12.2 Å². The maximum Gasteiger partial charge on any atom is 0.124 e. The van der Waals surface area contributed by atoms with Gasteiger partial charge in [0.2, 0.25) is 0 Å². The number of ether oxygens (including phenoxy) is 1. The lowest BCUT2D eigenvalue weighted by Crippen LogP contribution is -2.14. The van der Waals surface area contributed by atoms with Gasteiger partial charge in [0.1, 0.15) is 12.4 Å². The first-order chi connectivity index (χ1) is 10.1. The van der Waals surface area contributed by atoms with Crippen LogP contribution in [0.2, 0.25) is 0 Å². The van der Waals surface area contributed by atoms with Crippen molar-refractivity contribution in [1.82, 2.24) is 5.32 Å². The summed E-state index contributed by atoms with van der Waals surface area (Å²) in [4.78, 5) is 0. The molecular weight excluding hydrogens is 258 g/mol. The van der Waals surface area contributed by atoms with Crippen LogP contribution in [0.4, 0.5) is 0 Å². The van der Waals surface area contributed by atoms with E-state index in [0.29, 0.717) is 6.61 Å². The van der Waals surface area contributed by atoms with E-state index in [1.807, 2.05) is 7.05 Å². The Bertz CT molecular complexity index is 575. The van der Waals surface area contributed by atoms with Gasteiger partial charge in [0.25, 0.3) is 0 Å². The number of rotatable bonds is 6. The second kappa shape index (κ2) is 7.28. The van der Waals surface area contributed by atoms with Crippen molar-refractivity contribution in [3.8, 4) is 5.75 Å². The molecule has 0 amide bonds. The van der Waals surface area contributed by atoms with E-state index in [1.165, 1.54) is 22.3 Å². The summed E-state index contributed by atoms with van der Waals surface area (Å²) in [5.74, 6) is 0.960. The molecule has 2 heteroatoms. The van der Waals surface area contributed by atoms with Gasteiger partial charge < -0.3 is 10.1 Å². The zero-order valence-corrected chi connectivity index (χ0v) is 13.4. The quantitative estimate of drug-likeness (QED) is 0.847. The smallest absolute Gasteiger partial charge is 0.124 e. The number of aryl methyl sites for hydroxylation is 2. The molecule has 1 atom stereocenters. The van der Waals surface area contributed by atoms with Crippen LogP contribution in [0, 0.1) is 6.92 Å². The molecule has 0 aromatic heterocycles. The normalized spacial score (nSPS) is 12.2. The average molecular weight is 283 g/mol. The fraction of sp³-hybridized carbons (Fsp3) is 0.368. The molecular formula is C19H25NO. The van der Waals surface area contributed by atoms with Crippen molar-refractivity contribution in [2.75, 3.05) is 7.05 Å². The fourth-order valence-electron chi connectivity index (χ4n) is 2.33. The third-order valence-electron chi connectivity index (χ3n) is 3.89. The Balaban J connectivity index is 2.11. The average Bonchev–Trinajstić information content (AvgIpc) is 2.53. The van der Waals surface area contributed by atoms with Gasteiger partial charge >= 0.3 is 0 Å². The lowest BCUT2D eigenvalue weighted by atomic mass is 10.0. The van der Waals surface area contributed by atoms with E-state index >= 15 is 0 Å². The van der Waals surface area contributed by atoms with Gasteiger partial charge in [-0.05, 0) is 44.5 Å². The van der Waals surface area contributed by atoms with Crippen molar-refractivity contribution in [3.63, 3.8) is 0 Å². The van der Waals surface area contributed by atoms with Crippen LogP contribution < -0.4 is 10.1 Å². The van der Waals surface area contributed by atoms with Gasteiger partial charge in [-0.25, -0.2) is 0 Å². The summed E-state index contributed by atoms with van der Waals surface area (Å²) >= 11 is 0. The van der Waals surface area contributed by atoms with Crippen LogP contribution in [0.25, 0.3) is 0 Å². The minimum Gasteiger partial charge on any atom is -0.489 e. The lowest BCUT2D eigenvalue weighted by Gasteiger charge is -2.17. The first-order valence-corrected chi connectivity index (χ1v) is 7.62. The Kier molecular flexibility index (Phi) is 5.40. The summed E-state index contributed by atoms with van der Waals surface area (Å²) in [6.45, 7) is 7.04. The molecule has 2 aromatic carbocycles. The molecule has 0 spiro atoms. The van der Waals surface area contributed by atoms with Gasteiger partial charge in [-0.2, -0.15) is 0 Å². The molecule has 2 aromatic rings. The van der Waals surface area contributed by atoms with Crippen LogP contribution in [0.3, 0.4) is 0 Å². The molecule has 0 saturated heterocycles. The number of benzene rings is 2. The van der Waals surface area contributed by atoms with Gasteiger partial charge in [-0.15, -0.1) is 0 Å². The first kappa shape index (κ1) is 15.6. The zero-order chi connectivity index (χ0) is 15.2. The molecule has 0 aliphatic heterocycles. The Morgan fingerprint density at radius 1 is 1.05 bits per heavy atom. The third kappa shape index (κ3) is 4.08. The van der Waals surface area contributed by atoms with Crippen LogP contribution in [0.5, 0.6) is 5.75 Å². The molecule has 0 aliphatic rings. The molecule has 0 aliphatic carbocycles. The zero-order valence-electron chi connectivity index (χ0n) is 13.4. The van der Waals surface area contributed by atoms with Crippen LogP contribution >= 0.6 is 0 Å². The van der Waals surface area contributed by atoms with Gasteiger partial charge in [0.15, 0.2) is 0 Å². The number of hydrogen-bond donors (Lipinski definition) is 1. The molecule has 21 heavy (non-hydrogen) atoms. The van der Waals surface area contributed by atoms with E-state index < -0.39 is 0 Å². The van der Waals surface area contributed by atoms with Crippen LogP contribution in [-0.4, -0.2) is 7.05 Å². The summed E-state index contributed by atoms with van der Waals surface area (Å²) in [5.41, 5.74) is 5.03. The van der Waals surface area contributed by atoms with Crippen molar-refractivity contribution < 1.29 is 4.74 Å². The molecule has 2 nitrogen and oxygen atoms in total. The van der Waals surface area contributed by atoms with E-state index in [-0.39, 0.29) is 6.04 Å². The molecule has 1 unspecified atom stereocenters. The molecule has 2 rings (SSSR count). The summed E-state index contributed by atoms with van der Waals surface area (Å²) < 4.78 is 6.03. The van der Waals surface area contributed by atoms with E-state index in [2.05, 4.69) is 68.6 Å². The van der Waals surface area contributed by atoms with Crippen molar-refractivity contribution in [1.29, 1.82) is 0 Å². The van der Waals surface area contributed by atoms with Gasteiger partial charge in [0, 0.05) is 11.6 Å². The fourth-order valence-corrected chi connectivity index (χ4v) is 2.33. The maximum atomic E-state index is 6.03. The molecule has 0 fully saturated rings. The highest BCUT2D eigenvalue weighted by atomic mass is 16.5. The van der Waals surface area contributed by atoms with Crippen molar-refractivity contribution in [3.05, 3.63) is 64.7 Å². The van der Waals surface area contributed by atoms with Gasteiger partial charge in [-0.1, -0.05) is 48.9 Å².